The molecule has 0 N–H and O–H groups in total. The number of aromatic nitrogens is 5. The normalized spacial score (nSPS) is 20.0. The molecule has 2 fully saturated rings. The van der Waals surface area contributed by atoms with Gasteiger partial charge in [-0.25, -0.2) is 4.68 Å². The van der Waals surface area contributed by atoms with Crippen LogP contribution in [0.15, 0.2) is 28.2 Å². The van der Waals surface area contributed by atoms with Crippen molar-refractivity contribution < 1.29 is 9.32 Å². The summed E-state index contributed by atoms with van der Waals surface area (Å²) in [7, 11) is 0. The Hall–Kier alpha value is -2.55. The van der Waals surface area contributed by atoms with Crippen molar-refractivity contribution in [1.29, 1.82) is 0 Å². The van der Waals surface area contributed by atoms with Gasteiger partial charge in [-0.05, 0) is 30.7 Å². The van der Waals surface area contributed by atoms with Gasteiger partial charge in [-0.15, -0.1) is 16.4 Å². The number of carbonyl (C=O) groups is 1. The Labute approximate surface area is 153 Å². The predicted octanol–water partition coefficient (Wildman–Crippen LogP) is 2.28. The minimum Gasteiger partial charge on any atom is -0.340 e. The van der Waals surface area contributed by atoms with Crippen molar-refractivity contribution in [1.82, 2.24) is 30.0 Å². The minimum atomic E-state index is 0.134. The Kier molecular flexibility index (Phi) is 3.81. The van der Waals surface area contributed by atoms with E-state index < -0.39 is 0 Å². The molecule has 1 aliphatic carbocycles. The molecule has 1 saturated heterocycles. The van der Waals surface area contributed by atoms with E-state index >= 15 is 0 Å². The number of thiophene rings is 1. The molecular weight excluding hydrogens is 352 g/mol. The van der Waals surface area contributed by atoms with Crippen LogP contribution in [0.4, 0.5) is 0 Å². The van der Waals surface area contributed by atoms with Crippen molar-refractivity contribution in [3.8, 4) is 11.6 Å². The fourth-order valence-corrected chi connectivity index (χ4v) is 3.95. The number of hydrogen-bond acceptors (Lipinski definition) is 7. The number of carbonyl (C=O) groups excluding carboxylic acids is 1. The molecule has 1 saturated carbocycles. The SMILES string of the molecule is O=C(Cc1cccs1)N1CC[C@@H](n2cc(-c3nc(C4CC4)no3)nn2)C1. The molecule has 1 atom stereocenters. The Balaban J connectivity index is 1.24. The Morgan fingerprint density at radius 1 is 1.35 bits per heavy atom. The van der Waals surface area contributed by atoms with Crippen LogP contribution < -0.4 is 0 Å². The van der Waals surface area contributed by atoms with Crippen LogP contribution in [-0.2, 0) is 11.2 Å². The summed E-state index contributed by atoms with van der Waals surface area (Å²) in [6.07, 6.45) is 5.43. The molecule has 9 heteroatoms. The highest BCUT2D eigenvalue weighted by molar-refractivity contribution is 7.10. The first-order valence-electron chi connectivity index (χ1n) is 8.82. The summed E-state index contributed by atoms with van der Waals surface area (Å²) in [6.45, 7) is 1.40. The van der Waals surface area contributed by atoms with E-state index in [1.807, 2.05) is 33.3 Å². The van der Waals surface area contributed by atoms with Crippen LogP contribution in [0.1, 0.15) is 41.9 Å². The third kappa shape index (κ3) is 3.03. The van der Waals surface area contributed by atoms with E-state index in [4.69, 9.17) is 4.52 Å². The number of nitrogens with zero attached hydrogens (tertiary/aromatic N) is 6. The van der Waals surface area contributed by atoms with E-state index in [2.05, 4.69) is 20.5 Å². The first-order chi connectivity index (χ1) is 12.8. The number of rotatable bonds is 5. The average Bonchev–Trinajstić information content (AvgIpc) is 3.18. The van der Waals surface area contributed by atoms with Crippen molar-refractivity contribution in [2.45, 2.75) is 37.6 Å². The van der Waals surface area contributed by atoms with Crippen LogP contribution in [0, 0.1) is 0 Å². The van der Waals surface area contributed by atoms with Gasteiger partial charge in [0.25, 0.3) is 5.89 Å². The number of amides is 1. The monoisotopic (exact) mass is 370 g/mol. The van der Waals surface area contributed by atoms with Gasteiger partial charge in [0.1, 0.15) is 0 Å². The lowest BCUT2D eigenvalue weighted by molar-refractivity contribution is -0.129. The van der Waals surface area contributed by atoms with Crippen molar-refractivity contribution >= 4 is 17.2 Å². The lowest BCUT2D eigenvalue weighted by Crippen LogP contribution is -2.30. The second kappa shape index (κ2) is 6.31. The van der Waals surface area contributed by atoms with Crippen LogP contribution >= 0.6 is 11.3 Å². The zero-order chi connectivity index (χ0) is 17.5. The van der Waals surface area contributed by atoms with Crippen molar-refractivity contribution in [2.24, 2.45) is 0 Å². The minimum absolute atomic E-state index is 0.134. The molecule has 1 aliphatic heterocycles. The highest BCUT2D eigenvalue weighted by Crippen LogP contribution is 2.38. The third-order valence-electron chi connectivity index (χ3n) is 4.91. The summed E-state index contributed by atoms with van der Waals surface area (Å²) in [5.41, 5.74) is 0.591. The zero-order valence-corrected chi connectivity index (χ0v) is 14.9. The van der Waals surface area contributed by atoms with Gasteiger partial charge in [-0.2, -0.15) is 4.98 Å². The molecule has 5 rings (SSSR count). The second-order valence-corrected chi connectivity index (χ2v) is 7.89. The lowest BCUT2D eigenvalue weighted by atomic mass is 10.3. The van der Waals surface area contributed by atoms with Crippen LogP contribution in [0.2, 0.25) is 0 Å². The van der Waals surface area contributed by atoms with Gasteiger partial charge in [0.15, 0.2) is 11.5 Å². The summed E-state index contributed by atoms with van der Waals surface area (Å²) in [5, 5.41) is 14.4. The molecule has 0 bridgehead atoms. The van der Waals surface area contributed by atoms with Crippen LogP contribution in [0.3, 0.4) is 0 Å². The molecule has 3 aromatic rings. The quantitative estimate of drug-likeness (QED) is 0.684. The zero-order valence-electron chi connectivity index (χ0n) is 14.1. The standard InChI is InChI=1S/C17H18N6O2S/c24-15(8-13-2-1-7-26-13)22-6-5-12(9-22)23-10-14(19-21-23)17-18-16(20-25-17)11-3-4-11/h1-2,7,10-12H,3-6,8-9H2/t12-/m1/s1. The summed E-state index contributed by atoms with van der Waals surface area (Å²) < 4.78 is 7.12. The molecule has 0 aromatic carbocycles. The van der Waals surface area contributed by atoms with Crippen molar-refractivity contribution in [3.63, 3.8) is 0 Å². The van der Waals surface area contributed by atoms with Gasteiger partial charge < -0.3 is 9.42 Å². The molecule has 4 heterocycles. The van der Waals surface area contributed by atoms with Gasteiger partial charge >= 0.3 is 0 Å². The van der Waals surface area contributed by atoms with Crippen molar-refractivity contribution in [3.05, 3.63) is 34.4 Å². The summed E-state index contributed by atoms with van der Waals surface area (Å²) >= 11 is 1.62. The molecule has 0 radical (unpaired) electrons. The Morgan fingerprint density at radius 3 is 3.08 bits per heavy atom. The number of likely N-dealkylation sites (tertiary alicyclic amines) is 1. The van der Waals surface area contributed by atoms with Crippen LogP contribution in [0.5, 0.6) is 0 Å². The molecule has 0 unspecified atom stereocenters. The maximum atomic E-state index is 12.4. The van der Waals surface area contributed by atoms with E-state index in [0.29, 0.717) is 30.5 Å². The molecule has 0 spiro atoms. The van der Waals surface area contributed by atoms with Crippen LogP contribution in [0.25, 0.3) is 11.6 Å². The lowest BCUT2D eigenvalue weighted by Gasteiger charge is -2.16. The molecule has 8 nitrogen and oxygen atoms in total. The second-order valence-electron chi connectivity index (χ2n) is 6.85. The van der Waals surface area contributed by atoms with Crippen LogP contribution in [-0.4, -0.2) is 49.0 Å². The maximum Gasteiger partial charge on any atom is 0.280 e. The Morgan fingerprint density at radius 2 is 2.27 bits per heavy atom. The van der Waals surface area contributed by atoms with E-state index in [9.17, 15) is 4.79 Å². The maximum absolute atomic E-state index is 12.4. The van der Waals surface area contributed by atoms with Gasteiger partial charge in [-0.3, -0.25) is 4.79 Å². The molecule has 26 heavy (non-hydrogen) atoms. The highest BCUT2D eigenvalue weighted by Gasteiger charge is 2.31. The van der Waals surface area contributed by atoms with E-state index in [0.717, 1.165) is 36.5 Å². The first kappa shape index (κ1) is 15.7. The fraction of sp³-hybridized carbons (Fsp3) is 0.471. The van der Waals surface area contributed by atoms with Gasteiger partial charge in [0, 0.05) is 23.9 Å². The molecule has 134 valence electrons. The topological polar surface area (TPSA) is 89.9 Å². The first-order valence-corrected chi connectivity index (χ1v) is 9.70. The molecular formula is C17H18N6O2S. The van der Waals surface area contributed by atoms with E-state index in [1.165, 1.54) is 0 Å². The number of hydrogen-bond donors (Lipinski definition) is 0. The largest absolute Gasteiger partial charge is 0.340 e. The molecule has 3 aromatic heterocycles. The summed E-state index contributed by atoms with van der Waals surface area (Å²) in [6, 6.07) is 4.11. The highest BCUT2D eigenvalue weighted by atomic mass is 32.1. The fourth-order valence-electron chi connectivity index (χ4n) is 3.26. The summed E-state index contributed by atoms with van der Waals surface area (Å²) in [4.78, 5) is 19.9. The van der Waals surface area contributed by atoms with Gasteiger partial charge in [-0.1, -0.05) is 16.4 Å². The average molecular weight is 370 g/mol. The Bertz CT molecular complexity index is 913. The third-order valence-corrected chi connectivity index (χ3v) is 5.79. The predicted molar refractivity (Wildman–Crippen MR) is 93.5 cm³/mol. The van der Waals surface area contributed by atoms with E-state index in [1.54, 1.807) is 11.3 Å². The van der Waals surface area contributed by atoms with Gasteiger partial charge in [0.2, 0.25) is 5.91 Å². The molecule has 1 amide bonds. The summed E-state index contributed by atoms with van der Waals surface area (Å²) in [5.74, 6) is 1.80. The van der Waals surface area contributed by atoms with E-state index in [-0.39, 0.29) is 11.9 Å². The van der Waals surface area contributed by atoms with Crippen molar-refractivity contribution in [2.75, 3.05) is 13.1 Å². The molecule has 2 aliphatic rings. The smallest absolute Gasteiger partial charge is 0.280 e. The van der Waals surface area contributed by atoms with Gasteiger partial charge in [0.05, 0.1) is 18.7 Å².